The van der Waals surface area contributed by atoms with Crippen LogP contribution in [0.2, 0.25) is 5.02 Å². The number of rotatable bonds is 10. The Kier molecular flexibility index (Phi) is 10.1. The SMILES string of the molecule is COc1cc2c(Nc3ccc(Cl)cc3F)ncnc2cc1OCCOCCN1CCN(C)CC1.Cl. The fourth-order valence-corrected chi connectivity index (χ4v) is 3.89. The van der Waals surface area contributed by atoms with E-state index in [1.165, 1.54) is 12.4 Å². The Morgan fingerprint density at radius 1 is 1.03 bits per heavy atom. The molecular formula is C24H30Cl2FN5O3. The summed E-state index contributed by atoms with van der Waals surface area (Å²) in [5.41, 5.74) is 0.899. The molecule has 35 heavy (non-hydrogen) atoms. The second-order valence-electron chi connectivity index (χ2n) is 8.10. The molecule has 0 bridgehead atoms. The van der Waals surface area contributed by atoms with Gasteiger partial charge in [0.25, 0.3) is 0 Å². The van der Waals surface area contributed by atoms with E-state index in [0.29, 0.717) is 53.1 Å². The second-order valence-corrected chi connectivity index (χ2v) is 8.53. The van der Waals surface area contributed by atoms with Crippen molar-refractivity contribution in [2.24, 2.45) is 0 Å². The number of likely N-dealkylation sites (N-methyl/N-ethyl adjacent to an activating group) is 1. The molecule has 0 aliphatic carbocycles. The molecule has 0 unspecified atom stereocenters. The van der Waals surface area contributed by atoms with Crippen LogP contribution in [0.3, 0.4) is 0 Å². The number of benzene rings is 2. The van der Waals surface area contributed by atoms with E-state index in [1.807, 2.05) is 0 Å². The van der Waals surface area contributed by atoms with Gasteiger partial charge in [0.15, 0.2) is 11.5 Å². The predicted molar refractivity (Wildman–Crippen MR) is 138 cm³/mol. The van der Waals surface area contributed by atoms with Crippen molar-refractivity contribution in [2.45, 2.75) is 0 Å². The quantitative estimate of drug-likeness (QED) is 0.394. The Morgan fingerprint density at radius 3 is 2.57 bits per heavy atom. The van der Waals surface area contributed by atoms with Gasteiger partial charge in [-0.05, 0) is 31.3 Å². The maximum atomic E-state index is 14.2. The minimum Gasteiger partial charge on any atom is -0.493 e. The molecule has 2 heterocycles. The molecule has 1 aliphatic rings. The van der Waals surface area contributed by atoms with Gasteiger partial charge in [0.1, 0.15) is 24.6 Å². The summed E-state index contributed by atoms with van der Waals surface area (Å²) >= 11 is 5.85. The Morgan fingerprint density at radius 2 is 1.83 bits per heavy atom. The molecule has 0 saturated carbocycles. The molecule has 1 fully saturated rings. The number of hydrogen-bond acceptors (Lipinski definition) is 8. The van der Waals surface area contributed by atoms with Crippen molar-refractivity contribution in [2.75, 3.05) is 72.0 Å². The summed E-state index contributed by atoms with van der Waals surface area (Å²) in [6.07, 6.45) is 1.41. The highest BCUT2D eigenvalue weighted by molar-refractivity contribution is 6.30. The molecule has 11 heteroatoms. The Balaban J connectivity index is 0.00000342. The van der Waals surface area contributed by atoms with E-state index in [9.17, 15) is 4.39 Å². The summed E-state index contributed by atoms with van der Waals surface area (Å²) in [5.74, 6) is 1.06. The summed E-state index contributed by atoms with van der Waals surface area (Å²) in [7, 11) is 3.71. The van der Waals surface area contributed by atoms with Crippen LogP contribution in [-0.4, -0.2) is 86.5 Å². The topological polar surface area (TPSA) is 72.0 Å². The molecular weight excluding hydrogens is 496 g/mol. The highest BCUT2D eigenvalue weighted by Gasteiger charge is 2.14. The third kappa shape index (κ3) is 7.28. The van der Waals surface area contributed by atoms with Crippen molar-refractivity contribution >= 4 is 46.4 Å². The van der Waals surface area contributed by atoms with E-state index < -0.39 is 5.82 Å². The van der Waals surface area contributed by atoms with Crippen molar-refractivity contribution in [1.29, 1.82) is 0 Å². The first-order valence-electron chi connectivity index (χ1n) is 11.2. The normalized spacial score (nSPS) is 14.5. The minimum absolute atomic E-state index is 0. The Hall–Kier alpha value is -2.43. The molecule has 4 rings (SSSR count). The molecule has 1 aromatic heterocycles. The largest absolute Gasteiger partial charge is 0.493 e. The van der Waals surface area contributed by atoms with Gasteiger partial charge in [-0.2, -0.15) is 0 Å². The Bertz CT molecular complexity index is 1120. The van der Waals surface area contributed by atoms with Gasteiger partial charge in [-0.25, -0.2) is 14.4 Å². The molecule has 0 spiro atoms. The van der Waals surface area contributed by atoms with E-state index in [4.69, 9.17) is 25.8 Å². The van der Waals surface area contributed by atoms with E-state index >= 15 is 0 Å². The van der Waals surface area contributed by atoms with Crippen LogP contribution < -0.4 is 14.8 Å². The highest BCUT2D eigenvalue weighted by atomic mass is 35.5. The number of ether oxygens (including phenoxy) is 3. The summed E-state index contributed by atoms with van der Waals surface area (Å²) in [6, 6.07) is 7.96. The van der Waals surface area contributed by atoms with Gasteiger partial charge >= 0.3 is 0 Å². The number of halogens is 3. The maximum absolute atomic E-state index is 14.2. The Labute approximate surface area is 215 Å². The van der Waals surface area contributed by atoms with Gasteiger partial charge in [0.2, 0.25) is 0 Å². The number of nitrogens with one attached hydrogen (secondary N) is 1. The minimum atomic E-state index is -0.473. The summed E-state index contributed by atoms with van der Waals surface area (Å²) in [4.78, 5) is 13.3. The molecule has 2 aromatic carbocycles. The lowest BCUT2D eigenvalue weighted by Gasteiger charge is -2.32. The van der Waals surface area contributed by atoms with Crippen molar-refractivity contribution in [3.8, 4) is 11.5 Å². The van der Waals surface area contributed by atoms with Crippen LogP contribution in [0.25, 0.3) is 10.9 Å². The molecule has 0 radical (unpaired) electrons. The van der Waals surface area contributed by atoms with Crippen LogP contribution in [0.1, 0.15) is 0 Å². The molecule has 8 nitrogen and oxygen atoms in total. The second kappa shape index (κ2) is 13.0. The molecule has 1 saturated heterocycles. The van der Waals surface area contributed by atoms with Crippen LogP contribution >= 0.6 is 24.0 Å². The van der Waals surface area contributed by atoms with Crippen molar-refractivity contribution in [3.63, 3.8) is 0 Å². The predicted octanol–water partition coefficient (Wildman–Crippen LogP) is 4.24. The fraction of sp³-hybridized carbons (Fsp3) is 0.417. The molecule has 0 atom stereocenters. The number of anilines is 2. The molecule has 1 N–H and O–H groups in total. The number of fused-ring (bicyclic) bond motifs is 1. The van der Waals surface area contributed by atoms with Crippen LogP contribution in [0.4, 0.5) is 15.9 Å². The lowest BCUT2D eigenvalue weighted by Crippen LogP contribution is -2.45. The monoisotopic (exact) mass is 525 g/mol. The standard InChI is InChI=1S/C24H29ClFN5O3.ClH/c1-30-5-7-31(8-6-30)9-10-33-11-12-34-23-15-21-18(14-22(23)32-2)24(28-16-27-21)29-20-4-3-17(25)13-19(20)26;/h3-4,13-16H,5-12H2,1-2H3,(H,27,28,29);1H. The van der Waals surface area contributed by atoms with Gasteiger partial charge in [-0.1, -0.05) is 11.6 Å². The zero-order valence-corrected chi connectivity index (χ0v) is 21.4. The number of hydrogen-bond donors (Lipinski definition) is 1. The van der Waals surface area contributed by atoms with Gasteiger partial charge in [0.05, 0.1) is 31.5 Å². The molecule has 0 amide bonds. The highest BCUT2D eigenvalue weighted by Crippen LogP contribution is 2.35. The lowest BCUT2D eigenvalue weighted by molar-refractivity contribution is 0.0653. The number of aromatic nitrogens is 2. The molecule has 190 valence electrons. The summed E-state index contributed by atoms with van der Waals surface area (Å²) < 4.78 is 31.4. The zero-order chi connectivity index (χ0) is 23.9. The van der Waals surface area contributed by atoms with E-state index in [-0.39, 0.29) is 18.1 Å². The third-order valence-electron chi connectivity index (χ3n) is 5.74. The van der Waals surface area contributed by atoms with E-state index in [0.717, 1.165) is 32.7 Å². The van der Waals surface area contributed by atoms with Crippen molar-refractivity contribution in [1.82, 2.24) is 19.8 Å². The van der Waals surface area contributed by atoms with Gasteiger partial charge < -0.3 is 24.4 Å². The number of nitrogens with zero attached hydrogens (tertiary/aromatic N) is 4. The van der Waals surface area contributed by atoms with Gasteiger partial charge in [-0.15, -0.1) is 12.4 Å². The first-order valence-corrected chi connectivity index (χ1v) is 11.6. The summed E-state index contributed by atoms with van der Waals surface area (Å²) in [6.45, 7) is 6.81. The average molecular weight is 526 g/mol. The van der Waals surface area contributed by atoms with Gasteiger partial charge in [0, 0.05) is 49.2 Å². The smallest absolute Gasteiger partial charge is 0.163 e. The first-order chi connectivity index (χ1) is 16.5. The molecule has 3 aromatic rings. The van der Waals surface area contributed by atoms with E-state index in [2.05, 4.69) is 32.1 Å². The number of methoxy groups -OCH3 is 1. The summed E-state index contributed by atoms with van der Waals surface area (Å²) in [5, 5.41) is 3.99. The first kappa shape index (κ1) is 27.2. The molecule has 1 aliphatic heterocycles. The lowest BCUT2D eigenvalue weighted by atomic mass is 10.2. The number of piperazine rings is 1. The fourth-order valence-electron chi connectivity index (χ4n) is 3.73. The van der Waals surface area contributed by atoms with Crippen molar-refractivity contribution < 1.29 is 18.6 Å². The van der Waals surface area contributed by atoms with Crippen LogP contribution in [0.15, 0.2) is 36.7 Å². The van der Waals surface area contributed by atoms with Crippen LogP contribution in [0, 0.1) is 5.82 Å². The van der Waals surface area contributed by atoms with Crippen LogP contribution in [0.5, 0.6) is 11.5 Å². The average Bonchev–Trinajstić information content (AvgIpc) is 2.83. The van der Waals surface area contributed by atoms with Gasteiger partial charge in [-0.3, -0.25) is 4.90 Å². The third-order valence-corrected chi connectivity index (χ3v) is 5.97. The van der Waals surface area contributed by atoms with Crippen LogP contribution in [-0.2, 0) is 4.74 Å². The van der Waals surface area contributed by atoms with E-state index in [1.54, 1.807) is 31.4 Å². The zero-order valence-electron chi connectivity index (χ0n) is 19.8. The van der Waals surface area contributed by atoms with Crippen molar-refractivity contribution in [3.05, 3.63) is 47.5 Å². The maximum Gasteiger partial charge on any atom is 0.163 e.